The van der Waals surface area contributed by atoms with Crippen LogP contribution in [0.15, 0.2) is 12.2 Å². The number of carbonyl (C=O) groups is 1. The Morgan fingerprint density at radius 3 is 2.91 bits per heavy atom. The van der Waals surface area contributed by atoms with E-state index in [9.17, 15) is 4.79 Å². The zero-order valence-corrected chi connectivity index (χ0v) is 6.71. The normalized spacial score (nSPS) is 28.9. The van der Waals surface area contributed by atoms with Crippen LogP contribution in [0.5, 0.6) is 0 Å². The number of amides is 1. The maximum atomic E-state index is 10.9. The Balaban J connectivity index is 2.16. The van der Waals surface area contributed by atoms with Gasteiger partial charge in [-0.3, -0.25) is 4.79 Å². The molecule has 0 heterocycles. The molecule has 1 saturated carbocycles. The van der Waals surface area contributed by atoms with Crippen LogP contribution in [0.25, 0.3) is 0 Å². The van der Waals surface area contributed by atoms with Gasteiger partial charge < -0.3 is 11.1 Å². The van der Waals surface area contributed by atoms with E-state index in [4.69, 9.17) is 5.73 Å². The number of carbonyl (C=O) groups excluding carboxylic acids is 1. The molecular weight excluding hydrogens is 140 g/mol. The summed E-state index contributed by atoms with van der Waals surface area (Å²) in [6.45, 7) is 2.55. The van der Waals surface area contributed by atoms with E-state index in [1.54, 1.807) is 6.08 Å². The maximum absolute atomic E-state index is 10.9. The van der Waals surface area contributed by atoms with E-state index < -0.39 is 0 Å². The average molecular weight is 154 g/mol. The van der Waals surface area contributed by atoms with Gasteiger partial charge in [-0.25, -0.2) is 0 Å². The van der Waals surface area contributed by atoms with Crippen molar-refractivity contribution in [1.82, 2.24) is 5.32 Å². The van der Waals surface area contributed by atoms with Crippen LogP contribution in [0.2, 0.25) is 0 Å². The summed E-state index contributed by atoms with van der Waals surface area (Å²) in [5.74, 6) is 0.634. The van der Waals surface area contributed by atoms with Gasteiger partial charge >= 0.3 is 0 Å². The van der Waals surface area contributed by atoms with E-state index >= 15 is 0 Å². The second kappa shape index (κ2) is 3.53. The van der Waals surface area contributed by atoms with Crippen LogP contribution >= 0.6 is 0 Å². The Bertz CT molecular complexity index is 177. The van der Waals surface area contributed by atoms with Crippen LogP contribution in [0.4, 0.5) is 0 Å². The van der Waals surface area contributed by atoms with E-state index in [2.05, 4.69) is 12.2 Å². The Morgan fingerprint density at radius 2 is 2.45 bits per heavy atom. The molecule has 0 saturated heterocycles. The molecule has 1 rings (SSSR count). The highest BCUT2D eigenvalue weighted by molar-refractivity contribution is 5.87. The first-order valence-corrected chi connectivity index (χ1v) is 3.91. The summed E-state index contributed by atoms with van der Waals surface area (Å²) in [4.78, 5) is 10.9. The summed E-state index contributed by atoms with van der Waals surface area (Å²) in [7, 11) is 0. The highest BCUT2D eigenvalue weighted by Crippen LogP contribution is 2.28. The molecule has 62 valence electrons. The Morgan fingerprint density at radius 1 is 1.82 bits per heavy atom. The molecular formula is C8H14N2O. The van der Waals surface area contributed by atoms with Crippen molar-refractivity contribution in [3.63, 3.8) is 0 Å². The Kier molecular flexibility index (Phi) is 2.65. The van der Waals surface area contributed by atoms with Crippen molar-refractivity contribution in [2.24, 2.45) is 11.7 Å². The van der Waals surface area contributed by atoms with Gasteiger partial charge in [0.25, 0.3) is 0 Å². The second-order valence-electron chi connectivity index (χ2n) is 2.97. The fourth-order valence-electron chi connectivity index (χ4n) is 0.929. The van der Waals surface area contributed by atoms with Gasteiger partial charge in [0.1, 0.15) is 0 Å². The first kappa shape index (κ1) is 8.27. The van der Waals surface area contributed by atoms with Gasteiger partial charge in [-0.05, 0) is 12.3 Å². The van der Waals surface area contributed by atoms with Gasteiger partial charge in [0.05, 0.1) is 0 Å². The zero-order valence-electron chi connectivity index (χ0n) is 6.71. The molecule has 0 aromatic heterocycles. The van der Waals surface area contributed by atoms with Crippen molar-refractivity contribution < 1.29 is 4.79 Å². The quantitative estimate of drug-likeness (QED) is 0.563. The Hall–Kier alpha value is -0.830. The van der Waals surface area contributed by atoms with Crippen molar-refractivity contribution >= 4 is 5.91 Å². The minimum atomic E-state index is -0.0233. The lowest BCUT2D eigenvalue weighted by atomic mass is 10.4. The number of hydrogen-bond acceptors (Lipinski definition) is 2. The minimum absolute atomic E-state index is 0.0233. The van der Waals surface area contributed by atoms with Crippen LogP contribution in [0, 0.1) is 5.92 Å². The van der Waals surface area contributed by atoms with E-state index in [1.807, 2.05) is 0 Å². The first-order valence-electron chi connectivity index (χ1n) is 3.91. The highest BCUT2D eigenvalue weighted by Gasteiger charge is 2.33. The Labute approximate surface area is 66.6 Å². The first-order chi connectivity index (χ1) is 5.24. The predicted molar refractivity (Wildman–Crippen MR) is 43.9 cm³/mol. The molecule has 3 heteroatoms. The topological polar surface area (TPSA) is 55.1 Å². The molecule has 1 amide bonds. The minimum Gasteiger partial charge on any atom is -0.350 e. The summed E-state index contributed by atoms with van der Waals surface area (Å²) in [6.07, 6.45) is 4.26. The zero-order chi connectivity index (χ0) is 8.27. The van der Waals surface area contributed by atoms with E-state index in [1.165, 1.54) is 6.08 Å². The van der Waals surface area contributed by atoms with Crippen molar-refractivity contribution in [1.29, 1.82) is 0 Å². The standard InChI is InChI=1S/C8H14N2O/c1-6-5-7(6)10-8(11)3-2-4-9/h2-3,6-7H,4-5,9H2,1H3,(H,10,11)/b3-2+. The molecule has 0 bridgehead atoms. The number of rotatable bonds is 3. The average Bonchev–Trinajstić information content (AvgIpc) is 2.62. The third-order valence-corrected chi connectivity index (χ3v) is 1.84. The van der Waals surface area contributed by atoms with Gasteiger partial charge in [0.15, 0.2) is 0 Å². The van der Waals surface area contributed by atoms with Gasteiger partial charge in [0, 0.05) is 18.7 Å². The molecule has 2 atom stereocenters. The monoisotopic (exact) mass is 154 g/mol. The summed E-state index contributed by atoms with van der Waals surface area (Å²) in [6, 6.07) is 0.407. The smallest absolute Gasteiger partial charge is 0.243 e. The lowest BCUT2D eigenvalue weighted by Gasteiger charge is -1.96. The summed E-state index contributed by atoms with van der Waals surface area (Å²) in [5, 5.41) is 2.86. The van der Waals surface area contributed by atoms with Crippen molar-refractivity contribution in [2.75, 3.05) is 6.54 Å². The van der Waals surface area contributed by atoms with Crippen molar-refractivity contribution in [2.45, 2.75) is 19.4 Å². The number of hydrogen-bond donors (Lipinski definition) is 2. The lowest BCUT2D eigenvalue weighted by molar-refractivity contribution is -0.116. The van der Waals surface area contributed by atoms with E-state index in [0.717, 1.165) is 6.42 Å². The van der Waals surface area contributed by atoms with E-state index in [-0.39, 0.29) is 5.91 Å². The molecule has 0 aromatic rings. The van der Waals surface area contributed by atoms with Crippen LogP contribution < -0.4 is 11.1 Å². The van der Waals surface area contributed by atoms with Crippen molar-refractivity contribution in [3.05, 3.63) is 12.2 Å². The van der Waals surface area contributed by atoms with Crippen LogP contribution in [-0.4, -0.2) is 18.5 Å². The fraction of sp³-hybridized carbons (Fsp3) is 0.625. The number of nitrogens with one attached hydrogen (secondary N) is 1. The molecule has 0 radical (unpaired) electrons. The van der Waals surface area contributed by atoms with Gasteiger partial charge in [-0.1, -0.05) is 13.0 Å². The molecule has 0 aliphatic heterocycles. The molecule has 3 nitrogen and oxygen atoms in total. The molecule has 11 heavy (non-hydrogen) atoms. The second-order valence-corrected chi connectivity index (χ2v) is 2.97. The van der Waals surface area contributed by atoms with Crippen molar-refractivity contribution in [3.8, 4) is 0 Å². The maximum Gasteiger partial charge on any atom is 0.243 e. The molecule has 0 spiro atoms. The van der Waals surface area contributed by atoms with Gasteiger partial charge in [0.2, 0.25) is 5.91 Å². The van der Waals surface area contributed by atoms with Crippen LogP contribution in [-0.2, 0) is 4.79 Å². The highest BCUT2D eigenvalue weighted by atomic mass is 16.1. The van der Waals surface area contributed by atoms with E-state index in [0.29, 0.717) is 18.5 Å². The molecule has 3 N–H and O–H groups in total. The SMILES string of the molecule is CC1CC1NC(=O)/C=C/CN. The third kappa shape index (κ3) is 2.72. The van der Waals surface area contributed by atoms with Gasteiger partial charge in [-0.15, -0.1) is 0 Å². The summed E-state index contributed by atoms with van der Waals surface area (Å²) >= 11 is 0. The number of nitrogens with two attached hydrogens (primary N) is 1. The summed E-state index contributed by atoms with van der Waals surface area (Å²) in [5.41, 5.74) is 5.18. The summed E-state index contributed by atoms with van der Waals surface area (Å²) < 4.78 is 0. The molecule has 1 aliphatic rings. The largest absolute Gasteiger partial charge is 0.350 e. The molecule has 1 fully saturated rings. The van der Waals surface area contributed by atoms with Gasteiger partial charge in [-0.2, -0.15) is 0 Å². The molecule has 0 aromatic carbocycles. The predicted octanol–water partition coefficient (Wildman–Crippen LogP) is 0.0259. The lowest BCUT2D eigenvalue weighted by Crippen LogP contribution is -2.24. The molecule has 1 aliphatic carbocycles. The third-order valence-electron chi connectivity index (χ3n) is 1.84. The fourth-order valence-corrected chi connectivity index (χ4v) is 0.929. The molecule has 2 unspecified atom stereocenters. The van der Waals surface area contributed by atoms with Crippen LogP contribution in [0.3, 0.4) is 0 Å². The van der Waals surface area contributed by atoms with Crippen LogP contribution in [0.1, 0.15) is 13.3 Å².